The van der Waals surface area contributed by atoms with E-state index in [1.807, 2.05) is 16.9 Å². The molecule has 0 aliphatic heterocycles. The first-order chi connectivity index (χ1) is 17.7. The van der Waals surface area contributed by atoms with Crippen LogP contribution in [-0.4, -0.2) is 45.3 Å². The smallest absolute Gasteiger partial charge is 0.295 e. The molecule has 2 aliphatic carbocycles. The van der Waals surface area contributed by atoms with Gasteiger partial charge in [-0.2, -0.15) is 5.10 Å². The second-order valence-electron chi connectivity index (χ2n) is 9.46. The third kappa shape index (κ3) is 4.78. The van der Waals surface area contributed by atoms with E-state index in [2.05, 4.69) is 30.7 Å². The zero-order valence-corrected chi connectivity index (χ0v) is 20.5. The maximum absolute atomic E-state index is 13.4. The highest BCUT2D eigenvalue weighted by Crippen LogP contribution is 2.37. The summed E-state index contributed by atoms with van der Waals surface area (Å²) in [5.41, 5.74) is 1.84. The van der Waals surface area contributed by atoms with Gasteiger partial charge < -0.3 is 15.6 Å². The summed E-state index contributed by atoms with van der Waals surface area (Å²) in [4.78, 5) is 23.0. The lowest BCUT2D eigenvalue weighted by atomic mass is 10.1. The quantitative estimate of drug-likeness (QED) is 0.305. The molecule has 2 fully saturated rings. The molecule has 0 unspecified atom stereocenters. The molecular weight excluding hydrogens is 504 g/mol. The number of aromatic nitrogens is 5. The topological polar surface area (TPSA) is 135 Å². The number of anilines is 3. The molecule has 0 spiro atoms. The Morgan fingerprint density at radius 3 is 2.57 bits per heavy atom. The van der Waals surface area contributed by atoms with Crippen LogP contribution < -0.4 is 10.6 Å². The van der Waals surface area contributed by atoms with Gasteiger partial charge in [0.1, 0.15) is 11.3 Å². The zero-order valence-electron chi connectivity index (χ0n) is 19.7. The summed E-state index contributed by atoms with van der Waals surface area (Å²) in [7, 11) is -3.71. The number of pyridine rings is 1. The van der Waals surface area contributed by atoms with E-state index < -0.39 is 22.1 Å². The molecule has 2 saturated carbocycles. The van der Waals surface area contributed by atoms with E-state index in [0.29, 0.717) is 17.3 Å². The molecule has 3 heterocycles. The predicted octanol–water partition coefficient (Wildman–Crippen LogP) is 4.59. The van der Waals surface area contributed by atoms with Gasteiger partial charge >= 0.3 is 0 Å². The standard InChI is InChI=1S/C24H23F2N7O3S/c1-37(35,36)18-10-13(15-8-9-33(32-15)14-5-6-14)4-7-16(18)27-17-11-19(29-24(34)12-2-3-12)28-22-20(17)30-23(31-22)21(25)26/h4,7-12,14,21H,2-3,5-6H2,1H3,(H3,27,28,29,30,31,34). The zero-order chi connectivity index (χ0) is 25.9. The number of carbonyl (C=O) groups is 1. The Hall–Kier alpha value is -3.87. The predicted molar refractivity (Wildman–Crippen MR) is 133 cm³/mol. The first-order valence-corrected chi connectivity index (χ1v) is 13.7. The van der Waals surface area contributed by atoms with E-state index in [0.717, 1.165) is 31.9 Å². The highest BCUT2D eigenvalue weighted by atomic mass is 32.2. The highest BCUT2D eigenvalue weighted by molar-refractivity contribution is 7.90. The molecule has 0 saturated heterocycles. The molecule has 3 N–H and O–H groups in total. The van der Waals surface area contributed by atoms with Crippen molar-refractivity contribution in [2.24, 2.45) is 5.92 Å². The van der Waals surface area contributed by atoms with Gasteiger partial charge in [-0.3, -0.25) is 9.48 Å². The van der Waals surface area contributed by atoms with Gasteiger partial charge in [0.15, 0.2) is 21.3 Å². The third-order valence-corrected chi connectivity index (χ3v) is 7.49. The maximum Gasteiger partial charge on any atom is 0.295 e. The minimum Gasteiger partial charge on any atom is -0.352 e. The Morgan fingerprint density at radius 1 is 1.11 bits per heavy atom. The molecule has 0 radical (unpaired) electrons. The van der Waals surface area contributed by atoms with Gasteiger partial charge in [-0.05, 0) is 43.9 Å². The fourth-order valence-electron chi connectivity index (χ4n) is 4.12. The van der Waals surface area contributed by atoms with E-state index in [1.165, 1.54) is 12.1 Å². The van der Waals surface area contributed by atoms with Gasteiger partial charge in [-0.15, -0.1) is 0 Å². The van der Waals surface area contributed by atoms with Gasteiger partial charge in [0, 0.05) is 30.0 Å². The molecule has 4 aromatic rings. The number of halogens is 2. The second kappa shape index (κ2) is 8.61. The van der Waals surface area contributed by atoms with Crippen molar-refractivity contribution >= 4 is 44.1 Å². The van der Waals surface area contributed by atoms with Crippen LogP contribution in [0.25, 0.3) is 22.4 Å². The Bertz CT molecular complexity index is 1640. The van der Waals surface area contributed by atoms with Crippen LogP contribution in [0, 0.1) is 5.92 Å². The van der Waals surface area contributed by atoms with Crippen LogP contribution in [0.5, 0.6) is 0 Å². The van der Waals surface area contributed by atoms with E-state index >= 15 is 0 Å². The summed E-state index contributed by atoms with van der Waals surface area (Å²) in [5, 5.41) is 10.3. The van der Waals surface area contributed by atoms with Crippen molar-refractivity contribution in [2.75, 3.05) is 16.9 Å². The second-order valence-corrected chi connectivity index (χ2v) is 11.4. The van der Waals surface area contributed by atoms with E-state index in [9.17, 15) is 22.0 Å². The number of hydrogen-bond donors (Lipinski definition) is 3. The molecule has 0 atom stereocenters. The highest BCUT2D eigenvalue weighted by Gasteiger charge is 2.30. The maximum atomic E-state index is 13.4. The van der Waals surface area contributed by atoms with E-state index in [4.69, 9.17) is 0 Å². The molecule has 1 aromatic carbocycles. The van der Waals surface area contributed by atoms with Gasteiger partial charge in [-0.1, -0.05) is 6.07 Å². The number of rotatable bonds is 8. The first-order valence-electron chi connectivity index (χ1n) is 11.8. The van der Waals surface area contributed by atoms with E-state index in [-0.39, 0.29) is 45.1 Å². The van der Waals surface area contributed by atoms with Crippen molar-refractivity contribution in [3.05, 3.63) is 42.4 Å². The number of alkyl halides is 2. The summed E-state index contributed by atoms with van der Waals surface area (Å²) in [6.07, 6.45) is 3.80. The Kier molecular flexibility index (Phi) is 5.48. The summed E-state index contributed by atoms with van der Waals surface area (Å²) in [6.45, 7) is 0. The van der Waals surface area contributed by atoms with Crippen LogP contribution in [0.15, 0.2) is 41.4 Å². The number of nitrogens with one attached hydrogen (secondary N) is 3. The van der Waals surface area contributed by atoms with E-state index in [1.54, 1.807) is 12.1 Å². The number of amides is 1. The average molecular weight is 528 g/mol. The van der Waals surface area contributed by atoms with Crippen molar-refractivity contribution in [1.82, 2.24) is 24.7 Å². The monoisotopic (exact) mass is 527 g/mol. The Balaban J connectivity index is 1.40. The first kappa shape index (κ1) is 23.5. The van der Waals surface area contributed by atoms with Gasteiger partial charge in [-0.25, -0.2) is 27.2 Å². The van der Waals surface area contributed by atoms with Crippen molar-refractivity contribution in [3.63, 3.8) is 0 Å². The lowest BCUT2D eigenvalue weighted by molar-refractivity contribution is -0.117. The van der Waals surface area contributed by atoms with Gasteiger partial charge in [0.2, 0.25) is 5.91 Å². The number of sulfone groups is 1. The normalized spacial score (nSPS) is 15.9. The third-order valence-electron chi connectivity index (χ3n) is 6.35. The van der Waals surface area contributed by atoms with Crippen molar-refractivity contribution in [1.29, 1.82) is 0 Å². The van der Waals surface area contributed by atoms with Crippen LogP contribution in [-0.2, 0) is 14.6 Å². The lowest BCUT2D eigenvalue weighted by Gasteiger charge is -2.14. The molecule has 37 heavy (non-hydrogen) atoms. The van der Waals surface area contributed by atoms with Crippen LogP contribution in [0.3, 0.4) is 0 Å². The summed E-state index contributed by atoms with van der Waals surface area (Å²) in [6, 6.07) is 8.54. The largest absolute Gasteiger partial charge is 0.352 e. The fraction of sp³-hybridized carbons (Fsp3) is 0.333. The molecule has 10 nitrogen and oxygen atoms in total. The lowest BCUT2D eigenvalue weighted by Crippen LogP contribution is -2.14. The van der Waals surface area contributed by atoms with Crippen LogP contribution in [0.1, 0.15) is 44.0 Å². The minimum atomic E-state index is -3.71. The minimum absolute atomic E-state index is 0.00381. The molecule has 3 aromatic heterocycles. The number of nitrogens with zero attached hydrogens (tertiary/aromatic N) is 4. The van der Waals surface area contributed by atoms with Gasteiger partial charge in [0.05, 0.1) is 28.0 Å². The number of aromatic amines is 1. The Labute approximate surface area is 210 Å². The van der Waals surface area contributed by atoms with Crippen molar-refractivity contribution in [2.45, 2.75) is 43.0 Å². The molecule has 6 rings (SSSR count). The summed E-state index contributed by atoms with van der Waals surface area (Å²) in [5.74, 6) is -0.751. The fourth-order valence-corrected chi connectivity index (χ4v) is 4.98. The van der Waals surface area contributed by atoms with Crippen LogP contribution in [0.2, 0.25) is 0 Å². The molecule has 2 aliphatic rings. The number of carbonyl (C=O) groups excluding carboxylic acids is 1. The molecule has 13 heteroatoms. The molecule has 192 valence electrons. The number of benzene rings is 1. The number of imidazole rings is 1. The summed E-state index contributed by atoms with van der Waals surface area (Å²) < 4.78 is 54.1. The molecule has 0 bridgehead atoms. The van der Waals surface area contributed by atoms with Crippen molar-refractivity contribution in [3.8, 4) is 11.3 Å². The number of fused-ring (bicyclic) bond motifs is 1. The SMILES string of the molecule is CS(=O)(=O)c1cc(-c2ccn(C3CC3)n2)ccc1Nc1cc(NC(=O)C2CC2)nc2[nH]c(C(F)F)nc12. The Morgan fingerprint density at radius 2 is 1.89 bits per heavy atom. The molecule has 1 amide bonds. The van der Waals surface area contributed by atoms with Gasteiger partial charge in [0.25, 0.3) is 6.43 Å². The molecular formula is C24H23F2N7O3S. The summed E-state index contributed by atoms with van der Waals surface area (Å²) >= 11 is 0. The number of H-pyrrole nitrogens is 1. The number of hydrogen-bond acceptors (Lipinski definition) is 7. The van der Waals surface area contributed by atoms with Crippen LogP contribution in [0.4, 0.5) is 26.0 Å². The average Bonchev–Trinajstić information content (AvgIpc) is 3.78. The van der Waals surface area contributed by atoms with Crippen molar-refractivity contribution < 1.29 is 22.0 Å². The van der Waals surface area contributed by atoms with Crippen LogP contribution >= 0.6 is 0 Å².